The number of rotatable bonds is 1. The molecule has 1 atom stereocenters. The number of nitrogens with one attached hydrogen (secondary N) is 1. The van der Waals surface area contributed by atoms with Crippen molar-refractivity contribution >= 4 is 0 Å². The standard InChI is InChI=1S/C16H24N2/c1-18-13-16(10-6-3-7-11-16)17-12-15(18)14-8-4-2-5-9-14/h2,4-5,8-9,15,17H,3,6-7,10-13H2,1H3. The lowest BCUT2D eigenvalue weighted by molar-refractivity contribution is 0.0755. The van der Waals surface area contributed by atoms with Crippen LogP contribution in [0.4, 0.5) is 0 Å². The summed E-state index contributed by atoms with van der Waals surface area (Å²) < 4.78 is 0. The molecule has 1 saturated carbocycles. The molecule has 1 saturated heterocycles. The fourth-order valence-electron chi connectivity index (χ4n) is 3.72. The summed E-state index contributed by atoms with van der Waals surface area (Å²) in [7, 11) is 2.29. The van der Waals surface area contributed by atoms with Crippen molar-refractivity contribution in [2.24, 2.45) is 0 Å². The Morgan fingerprint density at radius 1 is 1.11 bits per heavy atom. The lowest BCUT2D eigenvalue weighted by atomic mass is 9.79. The van der Waals surface area contributed by atoms with Crippen molar-refractivity contribution in [3.05, 3.63) is 35.9 Å². The second-order valence-electron chi connectivity index (χ2n) is 6.06. The smallest absolute Gasteiger partial charge is 0.0470 e. The van der Waals surface area contributed by atoms with Gasteiger partial charge in [0.05, 0.1) is 0 Å². The summed E-state index contributed by atoms with van der Waals surface area (Å²) in [6.07, 6.45) is 6.95. The number of likely N-dealkylation sites (N-methyl/N-ethyl adjacent to an activating group) is 1. The molecule has 0 amide bonds. The first-order valence-corrected chi connectivity index (χ1v) is 7.29. The molecule has 1 aromatic carbocycles. The van der Waals surface area contributed by atoms with Gasteiger partial charge in [0, 0.05) is 24.7 Å². The van der Waals surface area contributed by atoms with Gasteiger partial charge in [0.15, 0.2) is 0 Å². The third-order valence-corrected chi connectivity index (χ3v) is 4.75. The van der Waals surface area contributed by atoms with Crippen LogP contribution >= 0.6 is 0 Å². The number of nitrogens with zero attached hydrogens (tertiary/aromatic N) is 1. The van der Waals surface area contributed by atoms with E-state index in [0.717, 1.165) is 6.54 Å². The van der Waals surface area contributed by atoms with E-state index < -0.39 is 0 Å². The normalized spacial score (nSPS) is 28.4. The summed E-state index contributed by atoms with van der Waals surface area (Å²) in [5, 5.41) is 3.87. The zero-order chi connectivity index (χ0) is 12.4. The van der Waals surface area contributed by atoms with Crippen LogP contribution in [0.25, 0.3) is 0 Å². The van der Waals surface area contributed by atoms with E-state index in [-0.39, 0.29) is 0 Å². The van der Waals surface area contributed by atoms with Gasteiger partial charge in [-0.1, -0.05) is 49.6 Å². The first-order valence-electron chi connectivity index (χ1n) is 7.29. The van der Waals surface area contributed by atoms with Gasteiger partial charge in [-0.15, -0.1) is 0 Å². The highest BCUT2D eigenvalue weighted by atomic mass is 15.2. The minimum atomic E-state index is 0.415. The third kappa shape index (κ3) is 2.32. The van der Waals surface area contributed by atoms with Crippen LogP contribution in [0.1, 0.15) is 43.7 Å². The summed E-state index contributed by atoms with van der Waals surface area (Å²) in [5.41, 5.74) is 1.86. The molecule has 0 bridgehead atoms. The Labute approximate surface area is 110 Å². The Morgan fingerprint density at radius 3 is 2.50 bits per heavy atom. The Morgan fingerprint density at radius 2 is 1.83 bits per heavy atom. The van der Waals surface area contributed by atoms with Gasteiger partial charge in [0.25, 0.3) is 0 Å². The highest BCUT2D eigenvalue weighted by Gasteiger charge is 2.38. The maximum Gasteiger partial charge on any atom is 0.0470 e. The number of hydrogen-bond acceptors (Lipinski definition) is 2. The van der Waals surface area contributed by atoms with E-state index in [1.165, 1.54) is 44.2 Å². The summed E-state index contributed by atoms with van der Waals surface area (Å²) >= 11 is 0. The molecule has 1 N–H and O–H groups in total. The summed E-state index contributed by atoms with van der Waals surface area (Å²) in [6.45, 7) is 2.30. The third-order valence-electron chi connectivity index (χ3n) is 4.75. The van der Waals surface area contributed by atoms with E-state index in [1.807, 2.05) is 0 Å². The van der Waals surface area contributed by atoms with Crippen molar-refractivity contribution in [2.75, 3.05) is 20.1 Å². The molecule has 0 radical (unpaired) electrons. The Hall–Kier alpha value is -0.860. The summed E-state index contributed by atoms with van der Waals surface area (Å²) in [4.78, 5) is 2.55. The predicted octanol–water partition coefficient (Wildman–Crippen LogP) is 2.97. The van der Waals surface area contributed by atoms with Crippen molar-refractivity contribution in [3.8, 4) is 0 Å². The van der Waals surface area contributed by atoms with Crippen LogP contribution in [0.3, 0.4) is 0 Å². The van der Waals surface area contributed by atoms with E-state index in [4.69, 9.17) is 0 Å². The van der Waals surface area contributed by atoms with Gasteiger partial charge < -0.3 is 5.32 Å². The minimum Gasteiger partial charge on any atom is -0.308 e. The highest BCUT2D eigenvalue weighted by molar-refractivity contribution is 5.21. The second-order valence-corrected chi connectivity index (χ2v) is 6.06. The van der Waals surface area contributed by atoms with Crippen LogP contribution in [-0.4, -0.2) is 30.6 Å². The van der Waals surface area contributed by atoms with Crippen LogP contribution in [0.15, 0.2) is 30.3 Å². The van der Waals surface area contributed by atoms with Crippen LogP contribution < -0.4 is 5.32 Å². The van der Waals surface area contributed by atoms with Gasteiger partial charge in [0.2, 0.25) is 0 Å². The molecule has 2 aliphatic rings. The maximum absolute atomic E-state index is 3.87. The molecule has 18 heavy (non-hydrogen) atoms. The van der Waals surface area contributed by atoms with E-state index in [9.17, 15) is 0 Å². The molecule has 2 heteroatoms. The van der Waals surface area contributed by atoms with Crippen molar-refractivity contribution in [3.63, 3.8) is 0 Å². The van der Waals surface area contributed by atoms with Crippen LogP contribution in [-0.2, 0) is 0 Å². The second kappa shape index (κ2) is 5.02. The van der Waals surface area contributed by atoms with Crippen molar-refractivity contribution < 1.29 is 0 Å². The van der Waals surface area contributed by atoms with E-state index in [0.29, 0.717) is 11.6 Å². The molecule has 1 aromatic rings. The lowest BCUT2D eigenvalue weighted by Crippen LogP contribution is -2.61. The molecule has 1 unspecified atom stereocenters. The summed E-state index contributed by atoms with van der Waals surface area (Å²) in [5.74, 6) is 0. The molecular formula is C16H24N2. The SMILES string of the molecule is CN1CC2(CCCCC2)NCC1c1ccccc1. The molecular weight excluding hydrogens is 220 g/mol. The molecule has 3 rings (SSSR count). The zero-order valence-electron chi connectivity index (χ0n) is 11.4. The summed E-state index contributed by atoms with van der Waals surface area (Å²) in [6, 6.07) is 11.4. The molecule has 1 aliphatic heterocycles. The topological polar surface area (TPSA) is 15.3 Å². The number of piperazine rings is 1. The first kappa shape index (κ1) is 12.2. The molecule has 1 spiro atoms. The van der Waals surface area contributed by atoms with Gasteiger partial charge in [-0.05, 0) is 25.5 Å². The monoisotopic (exact) mass is 244 g/mol. The Balaban J connectivity index is 1.72. The Kier molecular flexibility index (Phi) is 3.40. The van der Waals surface area contributed by atoms with Crippen molar-refractivity contribution in [1.82, 2.24) is 10.2 Å². The van der Waals surface area contributed by atoms with Gasteiger partial charge in [-0.3, -0.25) is 4.90 Å². The van der Waals surface area contributed by atoms with Gasteiger partial charge >= 0.3 is 0 Å². The largest absolute Gasteiger partial charge is 0.308 e. The van der Waals surface area contributed by atoms with E-state index >= 15 is 0 Å². The fourth-order valence-corrected chi connectivity index (χ4v) is 3.72. The highest BCUT2D eigenvalue weighted by Crippen LogP contribution is 2.34. The number of hydrogen-bond donors (Lipinski definition) is 1. The molecule has 1 aliphatic carbocycles. The van der Waals surface area contributed by atoms with Gasteiger partial charge in [0.1, 0.15) is 0 Å². The van der Waals surface area contributed by atoms with Gasteiger partial charge in [-0.25, -0.2) is 0 Å². The molecule has 2 nitrogen and oxygen atoms in total. The molecule has 98 valence electrons. The molecule has 1 heterocycles. The molecule has 2 fully saturated rings. The Bertz CT molecular complexity index is 381. The number of benzene rings is 1. The van der Waals surface area contributed by atoms with E-state index in [1.54, 1.807) is 0 Å². The van der Waals surface area contributed by atoms with Gasteiger partial charge in [-0.2, -0.15) is 0 Å². The van der Waals surface area contributed by atoms with Crippen LogP contribution in [0.2, 0.25) is 0 Å². The van der Waals surface area contributed by atoms with Crippen molar-refractivity contribution in [2.45, 2.75) is 43.7 Å². The molecule has 0 aromatic heterocycles. The average molecular weight is 244 g/mol. The zero-order valence-corrected chi connectivity index (χ0v) is 11.4. The van der Waals surface area contributed by atoms with E-state index in [2.05, 4.69) is 47.6 Å². The van der Waals surface area contributed by atoms with Crippen molar-refractivity contribution in [1.29, 1.82) is 0 Å². The quantitative estimate of drug-likeness (QED) is 0.817. The fraction of sp³-hybridized carbons (Fsp3) is 0.625. The lowest BCUT2D eigenvalue weighted by Gasteiger charge is -2.48. The maximum atomic E-state index is 3.87. The van der Waals surface area contributed by atoms with Crippen LogP contribution in [0, 0.1) is 0 Å². The predicted molar refractivity (Wildman–Crippen MR) is 75.6 cm³/mol. The minimum absolute atomic E-state index is 0.415. The van der Waals surface area contributed by atoms with Crippen LogP contribution in [0.5, 0.6) is 0 Å². The average Bonchev–Trinajstić information content (AvgIpc) is 2.41. The first-order chi connectivity index (χ1) is 8.79.